The minimum Gasteiger partial charge on any atom is -0.504 e. The largest absolute Gasteiger partial charge is 0.504 e. The zero-order valence-corrected chi connectivity index (χ0v) is 11.3. The Hall–Kier alpha value is -3.09. The molecule has 22 heavy (non-hydrogen) atoms. The molecule has 0 aliphatic carbocycles. The van der Waals surface area contributed by atoms with Gasteiger partial charge in [0.1, 0.15) is 6.61 Å². The van der Waals surface area contributed by atoms with Gasteiger partial charge in [-0.25, -0.2) is 4.79 Å². The molecule has 7 nitrogen and oxygen atoms in total. The minimum atomic E-state index is -0.747. The Morgan fingerprint density at radius 2 is 1.73 bits per heavy atom. The first kappa shape index (κ1) is 13.9. The van der Waals surface area contributed by atoms with Crippen molar-refractivity contribution in [1.29, 1.82) is 0 Å². The Morgan fingerprint density at radius 1 is 1.05 bits per heavy atom. The summed E-state index contributed by atoms with van der Waals surface area (Å²) in [6.07, 6.45) is 0. The van der Waals surface area contributed by atoms with Crippen LogP contribution in [0.2, 0.25) is 0 Å². The normalized spacial score (nSPS) is 12.2. The molecule has 0 spiro atoms. The number of ether oxygens (including phenoxy) is 3. The summed E-state index contributed by atoms with van der Waals surface area (Å²) in [6, 6.07) is 7.16. The molecule has 1 aliphatic rings. The van der Waals surface area contributed by atoms with Crippen LogP contribution >= 0.6 is 0 Å². The molecule has 0 fully saturated rings. The number of aromatic hydroxyl groups is 3. The van der Waals surface area contributed by atoms with Gasteiger partial charge in [0.05, 0.1) is 5.56 Å². The van der Waals surface area contributed by atoms with Gasteiger partial charge in [-0.1, -0.05) is 6.07 Å². The number of rotatable bonds is 3. The molecule has 0 radical (unpaired) electrons. The maximum Gasteiger partial charge on any atom is 0.338 e. The monoisotopic (exact) mass is 304 g/mol. The van der Waals surface area contributed by atoms with Crippen LogP contribution < -0.4 is 9.47 Å². The summed E-state index contributed by atoms with van der Waals surface area (Å²) in [5.74, 6) is -1.43. The van der Waals surface area contributed by atoms with Crippen molar-refractivity contribution >= 4 is 5.97 Å². The predicted molar refractivity (Wildman–Crippen MR) is 73.1 cm³/mol. The van der Waals surface area contributed by atoms with E-state index in [2.05, 4.69) is 0 Å². The van der Waals surface area contributed by atoms with Crippen molar-refractivity contribution in [3.05, 3.63) is 41.5 Å². The topological polar surface area (TPSA) is 105 Å². The minimum absolute atomic E-state index is 0.0160. The van der Waals surface area contributed by atoms with E-state index in [0.717, 1.165) is 12.1 Å². The molecule has 0 unspecified atom stereocenters. The van der Waals surface area contributed by atoms with Crippen LogP contribution in [0.5, 0.6) is 28.7 Å². The molecule has 3 N–H and O–H groups in total. The summed E-state index contributed by atoms with van der Waals surface area (Å²) in [5.41, 5.74) is 0.623. The van der Waals surface area contributed by atoms with Crippen LogP contribution in [0.25, 0.3) is 0 Å². The fourth-order valence-electron chi connectivity index (χ4n) is 1.98. The highest BCUT2D eigenvalue weighted by Gasteiger charge is 2.16. The highest BCUT2D eigenvalue weighted by molar-refractivity contribution is 5.91. The first-order valence-corrected chi connectivity index (χ1v) is 6.35. The lowest BCUT2D eigenvalue weighted by molar-refractivity contribution is 0.0471. The summed E-state index contributed by atoms with van der Waals surface area (Å²) in [4.78, 5) is 11.9. The molecule has 1 heterocycles. The maximum atomic E-state index is 11.9. The first-order chi connectivity index (χ1) is 10.5. The lowest BCUT2D eigenvalue weighted by Gasteiger charge is -2.07. The molecule has 3 rings (SSSR count). The lowest BCUT2D eigenvalue weighted by atomic mass is 10.2. The average molecular weight is 304 g/mol. The number of carbonyl (C=O) groups is 1. The second kappa shape index (κ2) is 5.36. The van der Waals surface area contributed by atoms with Crippen molar-refractivity contribution in [3.63, 3.8) is 0 Å². The van der Waals surface area contributed by atoms with Gasteiger partial charge in [0, 0.05) is 0 Å². The van der Waals surface area contributed by atoms with E-state index in [-0.39, 0.29) is 19.0 Å². The van der Waals surface area contributed by atoms with Gasteiger partial charge in [-0.3, -0.25) is 0 Å². The molecule has 0 bridgehead atoms. The van der Waals surface area contributed by atoms with Gasteiger partial charge in [0.2, 0.25) is 6.79 Å². The summed E-state index contributed by atoms with van der Waals surface area (Å²) in [6.45, 7) is 0.141. The Labute approximate surface area is 124 Å². The molecule has 7 heteroatoms. The van der Waals surface area contributed by atoms with Crippen molar-refractivity contribution in [2.45, 2.75) is 6.61 Å². The number of esters is 1. The third kappa shape index (κ3) is 2.56. The fraction of sp³-hybridized carbons (Fsp3) is 0.133. The van der Waals surface area contributed by atoms with Crippen molar-refractivity contribution in [3.8, 4) is 28.7 Å². The predicted octanol–water partition coefficient (Wildman–Crippen LogP) is 1.89. The molecule has 2 aromatic carbocycles. The second-order valence-electron chi connectivity index (χ2n) is 4.63. The van der Waals surface area contributed by atoms with Gasteiger partial charge >= 0.3 is 5.97 Å². The number of fused-ring (bicyclic) bond motifs is 1. The summed E-state index contributed by atoms with van der Waals surface area (Å²) >= 11 is 0. The summed E-state index contributed by atoms with van der Waals surface area (Å²) in [5, 5.41) is 28.0. The van der Waals surface area contributed by atoms with Gasteiger partial charge in [-0.15, -0.1) is 0 Å². The van der Waals surface area contributed by atoms with E-state index in [0.29, 0.717) is 17.1 Å². The zero-order valence-electron chi connectivity index (χ0n) is 11.3. The maximum absolute atomic E-state index is 11.9. The number of hydrogen-bond acceptors (Lipinski definition) is 7. The van der Waals surface area contributed by atoms with Crippen molar-refractivity contribution in [1.82, 2.24) is 0 Å². The van der Waals surface area contributed by atoms with E-state index in [1.165, 1.54) is 0 Å². The van der Waals surface area contributed by atoms with Gasteiger partial charge in [0.25, 0.3) is 0 Å². The zero-order chi connectivity index (χ0) is 15.7. The third-order valence-electron chi connectivity index (χ3n) is 3.11. The van der Waals surface area contributed by atoms with E-state index < -0.39 is 23.2 Å². The van der Waals surface area contributed by atoms with E-state index in [4.69, 9.17) is 14.2 Å². The average Bonchev–Trinajstić information content (AvgIpc) is 2.97. The van der Waals surface area contributed by atoms with Crippen LogP contribution in [0.1, 0.15) is 15.9 Å². The smallest absolute Gasteiger partial charge is 0.338 e. The van der Waals surface area contributed by atoms with Crippen LogP contribution in [0, 0.1) is 0 Å². The van der Waals surface area contributed by atoms with E-state index in [1.54, 1.807) is 18.2 Å². The summed E-state index contributed by atoms with van der Waals surface area (Å²) < 4.78 is 15.5. The number of phenolic OH excluding ortho intramolecular Hbond substituents is 3. The molecular formula is C15H12O7. The van der Waals surface area contributed by atoms with Gasteiger partial charge in [-0.05, 0) is 29.8 Å². The molecular weight excluding hydrogens is 292 g/mol. The number of phenols is 3. The molecule has 2 aromatic rings. The SMILES string of the molecule is O=C(OCc1ccc2c(c1)OCO2)c1cc(O)c(O)c(O)c1. The number of benzene rings is 2. The van der Waals surface area contributed by atoms with Gasteiger partial charge in [-0.2, -0.15) is 0 Å². The Bertz CT molecular complexity index is 716. The van der Waals surface area contributed by atoms with E-state index in [9.17, 15) is 20.1 Å². The highest BCUT2D eigenvalue weighted by Crippen LogP contribution is 2.36. The van der Waals surface area contributed by atoms with E-state index >= 15 is 0 Å². The highest BCUT2D eigenvalue weighted by atomic mass is 16.7. The molecule has 0 amide bonds. The van der Waals surface area contributed by atoms with Crippen molar-refractivity contribution in [2.24, 2.45) is 0 Å². The van der Waals surface area contributed by atoms with Gasteiger partial charge < -0.3 is 29.5 Å². The fourth-order valence-corrected chi connectivity index (χ4v) is 1.98. The number of hydrogen-bond donors (Lipinski definition) is 3. The Balaban J connectivity index is 1.70. The van der Waals surface area contributed by atoms with Crippen LogP contribution in [0.4, 0.5) is 0 Å². The molecule has 0 saturated heterocycles. The van der Waals surface area contributed by atoms with Crippen molar-refractivity contribution in [2.75, 3.05) is 6.79 Å². The van der Waals surface area contributed by atoms with Crippen LogP contribution in [-0.2, 0) is 11.3 Å². The first-order valence-electron chi connectivity index (χ1n) is 6.35. The molecule has 0 atom stereocenters. The molecule has 0 saturated carbocycles. The standard InChI is InChI=1S/C15H12O7/c16-10-4-9(5-11(17)14(10)18)15(19)20-6-8-1-2-12-13(3-8)22-7-21-12/h1-5,16-18H,6-7H2. The third-order valence-corrected chi connectivity index (χ3v) is 3.11. The van der Waals surface area contributed by atoms with Gasteiger partial charge in [0.15, 0.2) is 28.7 Å². The number of carbonyl (C=O) groups excluding carboxylic acids is 1. The van der Waals surface area contributed by atoms with E-state index in [1.807, 2.05) is 0 Å². The lowest BCUT2D eigenvalue weighted by Crippen LogP contribution is -2.05. The van der Waals surface area contributed by atoms with Crippen molar-refractivity contribution < 1.29 is 34.3 Å². The Kier molecular flexibility index (Phi) is 3.38. The van der Waals surface area contributed by atoms with Crippen LogP contribution in [0.3, 0.4) is 0 Å². The molecule has 0 aromatic heterocycles. The quantitative estimate of drug-likeness (QED) is 0.587. The van der Waals surface area contributed by atoms with Crippen LogP contribution in [-0.4, -0.2) is 28.1 Å². The summed E-state index contributed by atoms with van der Waals surface area (Å²) in [7, 11) is 0. The molecule has 114 valence electrons. The van der Waals surface area contributed by atoms with Crippen LogP contribution in [0.15, 0.2) is 30.3 Å². The molecule has 1 aliphatic heterocycles. The Morgan fingerprint density at radius 3 is 2.45 bits per heavy atom. The second-order valence-corrected chi connectivity index (χ2v) is 4.63.